The summed E-state index contributed by atoms with van der Waals surface area (Å²) in [6.07, 6.45) is 0.262. The van der Waals surface area contributed by atoms with Crippen LogP contribution in [0.1, 0.15) is 17.0 Å². The third-order valence-electron chi connectivity index (χ3n) is 3.53. The van der Waals surface area contributed by atoms with E-state index in [-0.39, 0.29) is 17.2 Å². The summed E-state index contributed by atoms with van der Waals surface area (Å²) < 4.78 is 50.3. The van der Waals surface area contributed by atoms with Crippen molar-refractivity contribution in [3.63, 3.8) is 0 Å². The highest BCUT2D eigenvalue weighted by Gasteiger charge is 2.28. The number of nitrogens with zero attached hydrogens (tertiary/aromatic N) is 3. The Kier molecular flexibility index (Phi) is 4.49. The lowest BCUT2D eigenvalue weighted by Crippen LogP contribution is -2.35. The number of carbonyl (C=O) groups excluding carboxylic acids is 1. The van der Waals surface area contributed by atoms with Crippen molar-refractivity contribution in [2.45, 2.75) is 12.6 Å². The predicted molar refractivity (Wildman–Crippen MR) is 83.9 cm³/mol. The predicted octanol–water partition coefficient (Wildman–Crippen LogP) is 2.29. The van der Waals surface area contributed by atoms with E-state index >= 15 is 0 Å². The number of amides is 1. The highest BCUT2D eigenvalue weighted by atomic mass is 19.4. The SMILES string of the molecule is N=C1C=Cc2c(-c3ncc(F)c(CC(=O)NCC(F)(F)F)n3)ccnc21. The van der Waals surface area contributed by atoms with E-state index < -0.39 is 30.9 Å². The molecule has 26 heavy (non-hydrogen) atoms. The Labute approximate surface area is 144 Å². The van der Waals surface area contributed by atoms with Crippen LogP contribution in [0.25, 0.3) is 17.5 Å². The summed E-state index contributed by atoms with van der Waals surface area (Å²) in [7, 11) is 0. The molecule has 10 heteroatoms. The minimum absolute atomic E-state index is 0.0861. The maximum Gasteiger partial charge on any atom is 0.405 e. The molecule has 0 aromatic carbocycles. The number of carbonyl (C=O) groups is 1. The highest BCUT2D eigenvalue weighted by Crippen LogP contribution is 2.28. The summed E-state index contributed by atoms with van der Waals surface area (Å²) in [5.74, 6) is -1.82. The molecule has 2 heterocycles. The Bertz CT molecular complexity index is 923. The molecule has 3 rings (SSSR count). The Balaban J connectivity index is 1.87. The van der Waals surface area contributed by atoms with Gasteiger partial charge in [-0.15, -0.1) is 0 Å². The quantitative estimate of drug-likeness (QED) is 0.814. The minimum Gasteiger partial charge on any atom is -0.347 e. The number of pyridine rings is 1. The first-order valence-corrected chi connectivity index (χ1v) is 7.36. The number of allylic oxidation sites excluding steroid dienone is 1. The molecule has 0 bridgehead atoms. The monoisotopic (exact) mass is 365 g/mol. The minimum atomic E-state index is -4.56. The van der Waals surface area contributed by atoms with Crippen molar-refractivity contribution < 1.29 is 22.4 Å². The maximum absolute atomic E-state index is 13.9. The lowest BCUT2D eigenvalue weighted by Gasteiger charge is -2.10. The summed E-state index contributed by atoms with van der Waals surface area (Å²) in [5.41, 5.74) is 1.36. The number of halogens is 4. The van der Waals surface area contributed by atoms with Gasteiger partial charge >= 0.3 is 6.18 Å². The molecular formula is C16H11F4N5O. The number of hydrogen-bond donors (Lipinski definition) is 2. The number of fused-ring (bicyclic) bond motifs is 1. The Hall–Kier alpha value is -3.17. The smallest absolute Gasteiger partial charge is 0.347 e. The number of alkyl halides is 3. The molecule has 0 saturated carbocycles. The molecule has 0 saturated heterocycles. The van der Waals surface area contributed by atoms with Gasteiger partial charge in [-0.2, -0.15) is 13.2 Å². The normalized spacial score (nSPS) is 13.0. The van der Waals surface area contributed by atoms with Crippen LogP contribution in [0.4, 0.5) is 17.6 Å². The first kappa shape index (κ1) is 17.6. The van der Waals surface area contributed by atoms with Gasteiger partial charge in [0, 0.05) is 17.3 Å². The molecule has 6 nitrogen and oxygen atoms in total. The van der Waals surface area contributed by atoms with E-state index in [2.05, 4.69) is 15.0 Å². The number of nitrogens with one attached hydrogen (secondary N) is 2. The topological polar surface area (TPSA) is 91.6 Å². The van der Waals surface area contributed by atoms with Gasteiger partial charge in [0.15, 0.2) is 11.6 Å². The second-order valence-electron chi connectivity index (χ2n) is 5.42. The number of rotatable bonds is 4. The van der Waals surface area contributed by atoms with Crippen molar-refractivity contribution in [2.75, 3.05) is 6.54 Å². The zero-order valence-electron chi connectivity index (χ0n) is 13.1. The fourth-order valence-electron chi connectivity index (χ4n) is 2.37. The van der Waals surface area contributed by atoms with Crippen LogP contribution in [0.5, 0.6) is 0 Å². The standard InChI is InChI=1S/C16H11F4N5O/c17-10-6-23-15(9-3-4-22-14-8(9)1-2-11(14)21)25-12(10)5-13(26)24-7-16(18,19)20/h1-4,6,21H,5,7H2,(H,24,26). The van der Waals surface area contributed by atoms with E-state index in [0.29, 0.717) is 16.8 Å². The van der Waals surface area contributed by atoms with Gasteiger partial charge in [0.1, 0.15) is 6.54 Å². The van der Waals surface area contributed by atoms with Crippen LogP contribution in [-0.2, 0) is 11.2 Å². The van der Waals surface area contributed by atoms with Crippen LogP contribution in [0.2, 0.25) is 0 Å². The van der Waals surface area contributed by atoms with Crippen molar-refractivity contribution in [1.82, 2.24) is 20.3 Å². The van der Waals surface area contributed by atoms with Crippen molar-refractivity contribution >= 4 is 17.7 Å². The molecular weight excluding hydrogens is 354 g/mol. The Morgan fingerprint density at radius 1 is 1.23 bits per heavy atom. The summed E-state index contributed by atoms with van der Waals surface area (Å²) in [5, 5.41) is 9.42. The van der Waals surface area contributed by atoms with Gasteiger partial charge in [-0.1, -0.05) is 0 Å². The fraction of sp³-hybridized carbons (Fsp3) is 0.188. The molecule has 2 aromatic heterocycles. The first-order chi connectivity index (χ1) is 12.2. The van der Waals surface area contributed by atoms with Crippen LogP contribution in [-0.4, -0.2) is 39.3 Å². The second kappa shape index (κ2) is 6.62. The van der Waals surface area contributed by atoms with Gasteiger partial charge in [0.25, 0.3) is 0 Å². The van der Waals surface area contributed by atoms with E-state index in [1.165, 1.54) is 12.3 Å². The molecule has 0 radical (unpaired) electrons. The number of hydrogen-bond acceptors (Lipinski definition) is 5. The van der Waals surface area contributed by atoms with Crippen LogP contribution in [0, 0.1) is 11.2 Å². The number of aromatic nitrogens is 3. The van der Waals surface area contributed by atoms with E-state index in [4.69, 9.17) is 5.41 Å². The molecule has 1 amide bonds. The summed E-state index contributed by atoms with van der Waals surface area (Å²) >= 11 is 0. The molecule has 0 unspecified atom stereocenters. The third-order valence-corrected chi connectivity index (χ3v) is 3.53. The molecule has 0 fully saturated rings. The summed E-state index contributed by atoms with van der Waals surface area (Å²) in [4.78, 5) is 23.5. The van der Waals surface area contributed by atoms with Crippen LogP contribution in [0.3, 0.4) is 0 Å². The average Bonchev–Trinajstić information content (AvgIpc) is 2.96. The van der Waals surface area contributed by atoms with E-state index in [0.717, 1.165) is 6.20 Å². The van der Waals surface area contributed by atoms with E-state index in [1.807, 2.05) is 0 Å². The zero-order chi connectivity index (χ0) is 18.9. The van der Waals surface area contributed by atoms with Gasteiger partial charge in [-0.25, -0.2) is 14.4 Å². The molecule has 0 atom stereocenters. The van der Waals surface area contributed by atoms with E-state index in [9.17, 15) is 22.4 Å². The van der Waals surface area contributed by atoms with Crippen molar-refractivity contribution in [3.05, 3.63) is 47.3 Å². The van der Waals surface area contributed by atoms with Crippen LogP contribution in [0.15, 0.2) is 24.5 Å². The lowest BCUT2D eigenvalue weighted by atomic mass is 10.1. The molecule has 1 aliphatic rings. The molecule has 0 aliphatic heterocycles. The summed E-state index contributed by atoms with van der Waals surface area (Å²) in [6.45, 7) is -1.50. The van der Waals surface area contributed by atoms with Crippen molar-refractivity contribution in [3.8, 4) is 11.4 Å². The Morgan fingerprint density at radius 3 is 2.73 bits per heavy atom. The second-order valence-corrected chi connectivity index (χ2v) is 5.42. The van der Waals surface area contributed by atoms with Crippen molar-refractivity contribution in [2.24, 2.45) is 0 Å². The van der Waals surface area contributed by atoms with Gasteiger partial charge < -0.3 is 5.32 Å². The van der Waals surface area contributed by atoms with Gasteiger partial charge in [0.05, 0.1) is 29.7 Å². The van der Waals surface area contributed by atoms with Gasteiger partial charge in [-0.05, 0) is 18.2 Å². The van der Waals surface area contributed by atoms with Crippen LogP contribution >= 0.6 is 0 Å². The average molecular weight is 365 g/mol. The zero-order valence-corrected chi connectivity index (χ0v) is 13.1. The maximum atomic E-state index is 13.9. The van der Waals surface area contributed by atoms with E-state index in [1.54, 1.807) is 17.5 Å². The molecule has 2 aromatic rings. The lowest BCUT2D eigenvalue weighted by molar-refractivity contribution is -0.138. The first-order valence-electron chi connectivity index (χ1n) is 7.36. The van der Waals surface area contributed by atoms with Gasteiger partial charge in [-0.3, -0.25) is 15.2 Å². The van der Waals surface area contributed by atoms with Crippen molar-refractivity contribution in [1.29, 1.82) is 5.41 Å². The molecule has 134 valence electrons. The molecule has 2 N–H and O–H groups in total. The van der Waals surface area contributed by atoms with Gasteiger partial charge in [0.2, 0.25) is 5.91 Å². The van der Waals surface area contributed by atoms with Crippen LogP contribution < -0.4 is 5.32 Å². The fourth-order valence-corrected chi connectivity index (χ4v) is 2.37. The molecule has 1 aliphatic carbocycles. The largest absolute Gasteiger partial charge is 0.405 e. The Morgan fingerprint density at radius 2 is 2.00 bits per heavy atom. The highest BCUT2D eigenvalue weighted by molar-refractivity contribution is 6.15. The third kappa shape index (κ3) is 3.73. The summed E-state index contributed by atoms with van der Waals surface area (Å²) in [6, 6.07) is 1.57. The molecule has 0 spiro atoms.